The molecule has 0 aliphatic rings. The number of carbonyl (C=O) groups is 1. The molecule has 146 valence electrons. The minimum Gasteiger partial charge on any atom is -0.497 e. The van der Waals surface area contributed by atoms with Crippen LogP contribution >= 0.6 is 0 Å². The van der Waals surface area contributed by atoms with Crippen molar-refractivity contribution in [2.45, 2.75) is 19.5 Å². The molecule has 7 nitrogen and oxygen atoms in total. The SMILES string of the molecule is COc1ccc(N([C@@H](C)C(=O)NCc2ccccc2OC)S(C)(=O)=O)cc1. The van der Waals surface area contributed by atoms with Crippen LogP contribution < -0.4 is 19.1 Å². The van der Waals surface area contributed by atoms with Crippen molar-refractivity contribution < 1.29 is 22.7 Å². The van der Waals surface area contributed by atoms with Crippen LogP contribution in [0, 0.1) is 0 Å². The van der Waals surface area contributed by atoms with Gasteiger partial charge >= 0.3 is 0 Å². The molecule has 2 aromatic carbocycles. The first-order valence-corrected chi connectivity index (χ1v) is 10.2. The van der Waals surface area contributed by atoms with E-state index in [0.717, 1.165) is 16.1 Å². The second kappa shape index (κ2) is 8.77. The molecule has 0 heterocycles. The highest BCUT2D eigenvalue weighted by molar-refractivity contribution is 7.92. The molecule has 0 aliphatic heterocycles. The molecule has 0 fully saturated rings. The number of amides is 1. The van der Waals surface area contributed by atoms with Gasteiger partial charge in [0.05, 0.1) is 26.2 Å². The van der Waals surface area contributed by atoms with Gasteiger partial charge in [-0.05, 0) is 37.3 Å². The van der Waals surface area contributed by atoms with Crippen molar-refractivity contribution in [2.75, 3.05) is 24.8 Å². The third-order valence-electron chi connectivity index (χ3n) is 4.06. The van der Waals surface area contributed by atoms with Crippen molar-refractivity contribution in [2.24, 2.45) is 0 Å². The molecule has 0 radical (unpaired) electrons. The summed E-state index contributed by atoms with van der Waals surface area (Å²) in [5, 5.41) is 2.77. The van der Waals surface area contributed by atoms with Crippen LogP contribution in [-0.2, 0) is 21.4 Å². The highest BCUT2D eigenvalue weighted by atomic mass is 32.2. The largest absolute Gasteiger partial charge is 0.497 e. The molecule has 1 N–H and O–H groups in total. The van der Waals surface area contributed by atoms with E-state index in [4.69, 9.17) is 9.47 Å². The van der Waals surface area contributed by atoms with E-state index in [9.17, 15) is 13.2 Å². The minimum absolute atomic E-state index is 0.230. The number of rotatable bonds is 8. The van der Waals surface area contributed by atoms with E-state index < -0.39 is 22.0 Å². The maximum Gasteiger partial charge on any atom is 0.243 e. The topological polar surface area (TPSA) is 84.9 Å². The number of anilines is 1. The molecule has 27 heavy (non-hydrogen) atoms. The van der Waals surface area contributed by atoms with Gasteiger partial charge in [-0.3, -0.25) is 9.10 Å². The second-order valence-electron chi connectivity index (χ2n) is 5.96. The first kappa shape index (κ1) is 20.6. The van der Waals surface area contributed by atoms with E-state index in [1.807, 2.05) is 18.2 Å². The Hall–Kier alpha value is -2.74. The van der Waals surface area contributed by atoms with Gasteiger partial charge in [-0.25, -0.2) is 8.42 Å². The number of nitrogens with zero attached hydrogens (tertiary/aromatic N) is 1. The van der Waals surface area contributed by atoms with Crippen molar-refractivity contribution in [3.8, 4) is 11.5 Å². The summed E-state index contributed by atoms with van der Waals surface area (Å²) in [6.07, 6.45) is 1.07. The van der Waals surface area contributed by atoms with Crippen LogP contribution in [-0.4, -0.2) is 40.8 Å². The van der Waals surface area contributed by atoms with Crippen LogP contribution in [0.2, 0.25) is 0 Å². The van der Waals surface area contributed by atoms with Crippen molar-refractivity contribution in [3.05, 3.63) is 54.1 Å². The van der Waals surface area contributed by atoms with E-state index in [-0.39, 0.29) is 6.54 Å². The Balaban J connectivity index is 2.19. The molecule has 0 aliphatic carbocycles. The van der Waals surface area contributed by atoms with Gasteiger partial charge < -0.3 is 14.8 Å². The minimum atomic E-state index is -3.67. The number of hydrogen-bond donors (Lipinski definition) is 1. The number of para-hydroxylation sites is 1. The summed E-state index contributed by atoms with van der Waals surface area (Å²) in [5.41, 5.74) is 1.19. The molecule has 8 heteroatoms. The Morgan fingerprint density at radius 3 is 2.26 bits per heavy atom. The van der Waals surface area contributed by atoms with Crippen LogP contribution in [0.1, 0.15) is 12.5 Å². The molecule has 0 saturated heterocycles. The van der Waals surface area contributed by atoms with Gasteiger partial charge in [0.2, 0.25) is 15.9 Å². The van der Waals surface area contributed by atoms with Gasteiger partial charge in [0, 0.05) is 12.1 Å². The Bertz CT molecular complexity index is 881. The zero-order chi connectivity index (χ0) is 20.0. The number of hydrogen-bond acceptors (Lipinski definition) is 5. The first-order valence-electron chi connectivity index (χ1n) is 8.31. The Morgan fingerprint density at radius 2 is 1.70 bits per heavy atom. The summed E-state index contributed by atoms with van der Waals surface area (Å²) in [5.74, 6) is 0.836. The van der Waals surface area contributed by atoms with Gasteiger partial charge in [0.15, 0.2) is 0 Å². The summed E-state index contributed by atoms with van der Waals surface area (Å²) >= 11 is 0. The van der Waals surface area contributed by atoms with Crippen molar-refractivity contribution in [3.63, 3.8) is 0 Å². The van der Waals surface area contributed by atoms with Gasteiger partial charge in [-0.1, -0.05) is 18.2 Å². The normalized spacial score (nSPS) is 12.1. The maximum absolute atomic E-state index is 12.6. The number of benzene rings is 2. The second-order valence-corrected chi connectivity index (χ2v) is 7.82. The van der Waals surface area contributed by atoms with Gasteiger partial charge in [-0.15, -0.1) is 0 Å². The van der Waals surface area contributed by atoms with Gasteiger partial charge in [0.25, 0.3) is 0 Å². The lowest BCUT2D eigenvalue weighted by Gasteiger charge is -2.28. The van der Waals surface area contributed by atoms with Gasteiger partial charge in [-0.2, -0.15) is 0 Å². The quantitative estimate of drug-likeness (QED) is 0.744. The molecule has 2 rings (SSSR count). The lowest BCUT2D eigenvalue weighted by molar-refractivity contribution is -0.122. The molecule has 0 saturated carbocycles. The van der Waals surface area contributed by atoms with Crippen LogP contribution in [0.25, 0.3) is 0 Å². The van der Waals surface area contributed by atoms with E-state index >= 15 is 0 Å². The molecule has 0 bridgehead atoms. The summed E-state index contributed by atoms with van der Waals surface area (Å²) in [6.45, 7) is 1.77. The molecule has 0 aromatic heterocycles. The average molecular weight is 392 g/mol. The van der Waals surface area contributed by atoms with Crippen LogP contribution in [0.5, 0.6) is 11.5 Å². The lowest BCUT2D eigenvalue weighted by Crippen LogP contribution is -2.47. The highest BCUT2D eigenvalue weighted by Crippen LogP contribution is 2.24. The van der Waals surface area contributed by atoms with E-state index in [0.29, 0.717) is 17.2 Å². The fourth-order valence-electron chi connectivity index (χ4n) is 2.72. The number of methoxy groups -OCH3 is 2. The zero-order valence-electron chi connectivity index (χ0n) is 15.8. The fourth-order valence-corrected chi connectivity index (χ4v) is 3.89. The molecular weight excluding hydrogens is 368 g/mol. The standard InChI is InChI=1S/C19H24N2O5S/c1-14(19(22)20-13-15-7-5-6-8-18(15)26-3)21(27(4,23)24)16-9-11-17(25-2)12-10-16/h5-12,14H,13H2,1-4H3,(H,20,22)/t14-/m0/s1. The van der Waals surface area contributed by atoms with Crippen LogP contribution in [0.4, 0.5) is 5.69 Å². The Kier molecular flexibility index (Phi) is 6.68. The zero-order valence-corrected chi connectivity index (χ0v) is 16.6. The number of nitrogens with one attached hydrogen (secondary N) is 1. The predicted octanol–water partition coefficient (Wildman–Crippen LogP) is 2.17. The summed E-state index contributed by atoms with van der Waals surface area (Å²) < 4.78 is 36.0. The molecule has 2 aromatic rings. The highest BCUT2D eigenvalue weighted by Gasteiger charge is 2.29. The maximum atomic E-state index is 12.6. The number of sulfonamides is 1. The predicted molar refractivity (Wildman–Crippen MR) is 105 cm³/mol. The third kappa shape index (κ3) is 5.13. The lowest BCUT2D eigenvalue weighted by atomic mass is 10.2. The first-order chi connectivity index (χ1) is 12.8. The van der Waals surface area contributed by atoms with Crippen LogP contribution in [0.3, 0.4) is 0 Å². The summed E-state index contributed by atoms with van der Waals surface area (Å²) in [6, 6.07) is 12.9. The van der Waals surface area contributed by atoms with E-state index in [2.05, 4.69) is 5.32 Å². The Labute approximate surface area is 160 Å². The van der Waals surface area contributed by atoms with Gasteiger partial charge in [0.1, 0.15) is 17.5 Å². The van der Waals surface area contributed by atoms with Crippen molar-refractivity contribution in [1.82, 2.24) is 5.32 Å². The number of ether oxygens (including phenoxy) is 2. The smallest absolute Gasteiger partial charge is 0.243 e. The molecule has 0 spiro atoms. The third-order valence-corrected chi connectivity index (χ3v) is 5.30. The van der Waals surface area contributed by atoms with Crippen molar-refractivity contribution >= 4 is 21.6 Å². The van der Waals surface area contributed by atoms with E-state index in [1.165, 1.54) is 7.11 Å². The Morgan fingerprint density at radius 1 is 1.07 bits per heavy atom. The summed E-state index contributed by atoms with van der Waals surface area (Å²) in [7, 11) is -0.592. The molecule has 0 unspecified atom stereocenters. The molecule has 1 amide bonds. The summed E-state index contributed by atoms with van der Waals surface area (Å²) in [4.78, 5) is 12.6. The fraction of sp³-hybridized carbons (Fsp3) is 0.316. The average Bonchev–Trinajstić information content (AvgIpc) is 2.65. The van der Waals surface area contributed by atoms with E-state index in [1.54, 1.807) is 44.4 Å². The van der Waals surface area contributed by atoms with Crippen molar-refractivity contribution in [1.29, 1.82) is 0 Å². The molecular formula is C19H24N2O5S. The monoisotopic (exact) mass is 392 g/mol. The number of carbonyl (C=O) groups excluding carboxylic acids is 1. The molecule has 1 atom stereocenters. The van der Waals surface area contributed by atoms with Crippen LogP contribution in [0.15, 0.2) is 48.5 Å².